The van der Waals surface area contributed by atoms with E-state index in [0.717, 1.165) is 12.1 Å². The number of fused-ring (bicyclic) bond motifs is 2. The Labute approximate surface area is 141 Å². The molecule has 2 aliphatic rings. The van der Waals surface area contributed by atoms with Gasteiger partial charge in [-0.1, -0.05) is 26.8 Å². The molecule has 1 N–H and O–H groups in total. The van der Waals surface area contributed by atoms with Crippen LogP contribution >= 0.6 is 0 Å². The predicted octanol–water partition coefficient (Wildman–Crippen LogP) is 2.61. The van der Waals surface area contributed by atoms with Gasteiger partial charge >= 0.3 is 0 Å². The molecule has 0 unspecified atom stereocenters. The molecular weight excluding hydrogens is 302 g/mol. The third-order valence-corrected chi connectivity index (χ3v) is 6.82. The fourth-order valence-electron chi connectivity index (χ4n) is 4.73. The Bertz CT molecular complexity index is 769. The van der Waals surface area contributed by atoms with Gasteiger partial charge in [0.05, 0.1) is 5.69 Å². The minimum absolute atomic E-state index is 0.0144. The minimum Gasteiger partial charge on any atom is -0.349 e. The van der Waals surface area contributed by atoms with Gasteiger partial charge in [0.1, 0.15) is 6.33 Å². The Morgan fingerprint density at radius 3 is 2.79 bits per heavy atom. The molecule has 0 aliphatic heterocycles. The summed E-state index contributed by atoms with van der Waals surface area (Å²) in [6, 6.07) is 7.65. The van der Waals surface area contributed by atoms with Gasteiger partial charge in [0.2, 0.25) is 0 Å². The molecule has 24 heavy (non-hydrogen) atoms. The highest BCUT2D eigenvalue weighted by Gasteiger charge is 2.61. The van der Waals surface area contributed by atoms with Crippen molar-refractivity contribution in [3.8, 4) is 5.69 Å². The Morgan fingerprint density at radius 2 is 2.17 bits per heavy atom. The van der Waals surface area contributed by atoms with Crippen molar-refractivity contribution < 1.29 is 4.79 Å². The third-order valence-electron chi connectivity index (χ3n) is 6.82. The van der Waals surface area contributed by atoms with Gasteiger partial charge in [-0.05, 0) is 64.6 Å². The Hall–Kier alpha value is -2.24. The molecule has 0 saturated heterocycles. The fourth-order valence-corrected chi connectivity index (χ4v) is 4.73. The number of hydrogen-bond donors (Lipinski definition) is 1. The van der Waals surface area contributed by atoms with Gasteiger partial charge in [-0.3, -0.25) is 4.79 Å². The zero-order valence-corrected chi connectivity index (χ0v) is 14.4. The predicted molar refractivity (Wildman–Crippen MR) is 89.6 cm³/mol. The lowest BCUT2D eigenvalue weighted by molar-refractivity contribution is 0.0826. The zero-order chi connectivity index (χ0) is 16.9. The van der Waals surface area contributed by atoms with Crippen molar-refractivity contribution in [3.05, 3.63) is 36.2 Å². The summed E-state index contributed by atoms with van der Waals surface area (Å²) < 4.78 is 1.55. The van der Waals surface area contributed by atoms with Crippen LogP contribution in [0.1, 0.15) is 50.4 Å². The van der Waals surface area contributed by atoms with Crippen molar-refractivity contribution in [2.75, 3.05) is 0 Å². The molecular formula is C18H23N5O. The molecule has 1 aromatic heterocycles. The van der Waals surface area contributed by atoms with Crippen molar-refractivity contribution >= 4 is 5.91 Å². The first-order valence-electron chi connectivity index (χ1n) is 8.56. The molecule has 1 heterocycles. The highest BCUT2D eigenvalue weighted by atomic mass is 16.1. The second kappa shape index (κ2) is 5.13. The lowest BCUT2D eigenvalue weighted by atomic mass is 9.69. The van der Waals surface area contributed by atoms with Crippen LogP contribution in [0.4, 0.5) is 0 Å². The molecule has 2 saturated carbocycles. The van der Waals surface area contributed by atoms with E-state index in [4.69, 9.17) is 0 Å². The Kier molecular flexibility index (Phi) is 3.27. The SMILES string of the molecule is CC1(C)[C@H]2CC[C@]1(C)[C@H](NC(=O)c1cccc(-n3cnnn3)c1)C2. The number of hydrogen-bond acceptors (Lipinski definition) is 4. The maximum atomic E-state index is 12.8. The zero-order valence-electron chi connectivity index (χ0n) is 14.4. The van der Waals surface area contributed by atoms with E-state index in [-0.39, 0.29) is 17.4 Å². The summed E-state index contributed by atoms with van der Waals surface area (Å²) >= 11 is 0. The van der Waals surface area contributed by atoms with Gasteiger partial charge in [0.15, 0.2) is 0 Å². The summed E-state index contributed by atoms with van der Waals surface area (Å²) in [6.45, 7) is 7.05. The summed E-state index contributed by atoms with van der Waals surface area (Å²) in [4.78, 5) is 12.8. The summed E-state index contributed by atoms with van der Waals surface area (Å²) in [5.41, 5.74) is 1.90. The number of carbonyl (C=O) groups excluding carboxylic acids is 1. The lowest BCUT2D eigenvalue weighted by Crippen LogP contribution is -2.46. The Balaban J connectivity index is 1.55. The number of benzene rings is 1. The van der Waals surface area contributed by atoms with E-state index in [1.165, 1.54) is 19.2 Å². The Morgan fingerprint density at radius 1 is 1.33 bits per heavy atom. The molecule has 0 spiro atoms. The van der Waals surface area contributed by atoms with Crippen LogP contribution in [-0.4, -0.2) is 32.2 Å². The van der Waals surface area contributed by atoms with Crippen LogP contribution in [0.5, 0.6) is 0 Å². The first-order chi connectivity index (χ1) is 11.4. The van der Waals surface area contributed by atoms with Crippen molar-refractivity contribution in [2.24, 2.45) is 16.7 Å². The van der Waals surface area contributed by atoms with Crippen molar-refractivity contribution in [1.82, 2.24) is 25.5 Å². The summed E-state index contributed by atoms with van der Waals surface area (Å²) in [5, 5.41) is 14.4. The molecule has 1 aromatic carbocycles. The van der Waals surface area contributed by atoms with Crippen LogP contribution in [0, 0.1) is 16.7 Å². The highest BCUT2D eigenvalue weighted by Crippen LogP contribution is 2.65. The first kappa shape index (κ1) is 15.3. The van der Waals surface area contributed by atoms with E-state index in [2.05, 4.69) is 41.6 Å². The van der Waals surface area contributed by atoms with Crippen LogP contribution < -0.4 is 5.32 Å². The molecule has 0 radical (unpaired) electrons. The van der Waals surface area contributed by atoms with Gasteiger partial charge in [-0.15, -0.1) is 5.10 Å². The average molecular weight is 325 g/mol. The molecule has 1 amide bonds. The van der Waals surface area contributed by atoms with Gasteiger partial charge in [-0.2, -0.15) is 0 Å². The maximum Gasteiger partial charge on any atom is 0.251 e. The number of nitrogens with one attached hydrogen (secondary N) is 1. The summed E-state index contributed by atoms with van der Waals surface area (Å²) in [5.74, 6) is 0.694. The number of rotatable bonds is 3. The van der Waals surface area contributed by atoms with Crippen LogP contribution in [0.25, 0.3) is 5.69 Å². The van der Waals surface area contributed by atoms with E-state index in [9.17, 15) is 4.79 Å². The molecule has 2 aromatic rings. The highest BCUT2D eigenvalue weighted by molar-refractivity contribution is 5.95. The van der Waals surface area contributed by atoms with Crippen LogP contribution in [0.15, 0.2) is 30.6 Å². The molecule has 126 valence electrons. The van der Waals surface area contributed by atoms with Gasteiger partial charge in [0.25, 0.3) is 5.91 Å². The van der Waals surface area contributed by atoms with E-state index < -0.39 is 0 Å². The van der Waals surface area contributed by atoms with E-state index in [1.807, 2.05) is 24.3 Å². The van der Waals surface area contributed by atoms with E-state index in [0.29, 0.717) is 16.9 Å². The minimum atomic E-state index is -0.0144. The van der Waals surface area contributed by atoms with Crippen molar-refractivity contribution in [1.29, 1.82) is 0 Å². The summed E-state index contributed by atoms with van der Waals surface area (Å²) in [6.07, 6.45) is 5.09. The van der Waals surface area contributed by atoms with Gasteiger partial charge in [-0.25, -0.2) is 4.68 Å². The van der Waals surface area contributed by atoms with E-state index in [1.54, 1.807) is 4.68 Å². The second-order valence-corrected chi connectivity index (χ2v) is 7.94. The smallest absolute Gasteiger partial charge is 0.251 e. The molecule has 2 fully saturated rings. The molecule has 2 bridgehead atoms. The van der Waals surface area contributed by atoms with Crippen LogP contribution in [-0.2, 0) is 0 Å². The van der Waals surface area contributed by atoms with E-state index >= 15 is 0 Å². The average Bonchev–Trinajstić information content (AvgIpc) is 3.22. The second-order valence-electron chi connectivity index (χ2n) is 7.94. The third kappa shape index (κ3) is 2.08. The van der Waals surface area contributed by atoms with Crippen molar-refractivity contribution in [2.45, 2.75) is 46.1 Å². The molecule has 4 rings (SSSR count). The largest absolute Gasteiger partial charge is 0.349 e. The number of amides is 1. The molecule has 3 atom stereocenters. The number of aromatic nitrogens is 4. The number of tetrazole rings is 1. The maximum absolute atomic E-state index is 12.8. The fraction of sp³-hybridized carbons (Fsp3) is 0.556. The topological polar surface area (TPSA) is 72.7 Å². The molecule has 6 nitrogen and oxygen atoms in total. The molecule has 2 aliphatic carbocycles. The first-order valence-corrected chi connectivity index (χ1v) is 8.56. The normalized spacial score (nSPS) is 30.5. The molecule has 6 heteroatoms. The quantitative estimate of drug-likeness (QED) is 0.941. The lowest BCUT2D eigenvalue weighted by Gasteiger charge is -2.39. The van der Waals surface area contributed by atoms with Gasteiger partial charge < -0.3 is 5.32 Å². The number of carbonyl (C=O) groups is 1. The van der Waals surface area contributed by atoms with Crippen LogP contribution in [0.3, 0.4) is 0 Å². The van der Waals surface area contributed by atoms with Gasteiger partial charge in [0, 0.05) is 11.6 Å². The summed E-state index contributed by atoms with van der Waals surface area (Å²) in [7, 11) is 0. The number of nitrogens with zero attached hydrogens (tertiary/aromatic N) is 4. The van der Waals surface area contributed by atoms with Crippen LogP contribution in [0.2, 0.25) is 0 Å². The van der Waals surface area contributed by atoms with Crippen molar-refractivity contribution in [3.63, 3.8) is 0 Å². The monoisotopic (exact) mass is 325 g/mol. The standard InChI is InChI=1S/C18H23N5O/c1-17(2)13-7-8-18(17,3)15(10-13)20-16(24)12-5-4-6-14(9-12)23-11-19-21-22-23/h4-6,9,11,13,15H,7-8,10H2,1-3H3,(H,20,24)/t13-,15+,18+/m0/s1.